The van der Waals surface area contributed by atoms with E-state index in [-0.39, 0.29) is 49.0 Å². The lowest BCUT2D eigenvalue weighted by molar-refractivity contribution is -0.142. The molecular weight excluding hydrogens is 747 g/mol. The Morgan fingerprint density at radius 2 is 1.84 bits per heavy atom. The smallest absolute Gasteiger partial charge is 0.259 e. The monoisotopic (exact) mass is 803 g/mol. The second-order valence-electron chi connectivity index (χ2n) is 19.0. The predicted octanol–water partition coefficient (Wildman–Crippen LogP) is 5.10. The van der Waals surface area contributed by atoms with Crippen LogP contribution in [-0.2, 0) is 35.6 Å². The molecule has 57 heavy (non-hydrogen) atoms. The maximum Gasteiger partial charge on any atom is 0.259 e. The number of aryl methyl sites for hydroxylation is 1. The van der Waals surface area contributed by atoms with Crippen molar-refractivity contribution in [1.29, 1.82) is 0 Å². The Bertz CT molecular complexity index is 2140. The van der Waals surface area contributed by atoms with Crippen LogP contribution in [-0.4, -0.2) is 83.6 Å². The van der Waals surface area contributed by atoms with E-state index in [1.165, 1.54) is 0 Å². The summed E-state index contributed by atoms with van der Waals surface area (Å²) in [5.74, 6) is -0.621. The van der Waals surface area contributed by atoms with Crippen LogP contribution in [0.15, 0.2) is 30.4 Å². The summed E-state index contributed by atoms with van der Waals surface area (Å²) >= 11 is 0. The number of rotatable bonds is 7. The number of aromatic nitrogens is 1. The van der Waals surface area contributed by atoms with E-state index in [2.05, 4.69) is 15.4 Å². The van der Waals surface area contributed by atoms with Crippen molar-refractivity contribution in [1.82, 2.24) is 25.2 Å². The van der Waals surface area contributed by atoms with E-state index in [0.717, 1.165) is 60.0 Å². The zero-order valence-corrected chi connectivity index (χ0v) is 34.7. The van der Waals surface area contributed by atoms with E-state index >= 15 is 0 Å². The SMILES string of the molecule is COc1ccc2c3c(c(C4CC4)nc2c1)O[C@]1(CC3)C[C@H]2C(=O)N[C@]3(C(=O)NS(=O)(=O)C4(C)CC4)C[C@H]3/C=C\CCCCC[C@H](NC(=O)CC(C)(C)C)C(=O)N2C1. The quantitative estimate of drug-likeness (QED) is 0.322. The van der Waals surface area contributed by atoms with E-state index in [0.29, 0.717) is 44.3 Å². The van der Waals surface area contributed by atoms with Gasteiger partial charge in [0.05, 0.1) is 29.6 Å². The molecule has 5 atom stereocenters. The fourth-order valence-corrected chi connectivity index (χ4v) is 10.3. The Labute approximate surface area is 335 Å². The average Bonchev–Trinajstić information content (AvgIpc) is 4.08. The fourth-order valence-electron chi connectivity index (χ4n) is 9.03. The lowest BCUT2D eigenvalue weighted by Crippen LogP contribution is -2.58. The van der Waals surface area contributed by atoms with Gasteiger partial charge >= 0.3 is 0 Å². The van der Waals surface area contributed by atoms with Crippen LogP contribution < -0.4 is 24.8 Å². The molecule has 1 saturated heterocycles. The number of carbonyl (C=O) groups is 4. The Balaban J connectivity index is 1.15. The molecule has 1 spiro atoms. The Morgan fingerprint density at radius 1 is 1.07 bits per heavy atom. The number of pyridine rings is 1. The molecule has 1 aromatic heterocycles. The van der Waals surface area contributed by atoms with Crippen LogP contribution in [0.2, 0.25) is 0 Å². The van der Waals surface area contributed by atoms with Crippen molar-refractivity contribution in [3.8, 4) is 11.5 Å². The summed E-state index contributed by atoms with van der Waals surface area (Å²) in [6.45, 7) is 7.63. The number of sulfonamides is 1. The highest BCUT2D eigenvalue weighted by molar-refractivity contribution is 7.91. The number of fused-ring (bicyclic) bond motifs is 5. The van der Waals surface area contributed by atoms with E-state index < -0.39 is 55.7 Å². The number of nitrogens with one attached hydrogen (secondary N) is 3. The zero-order valence-electron chi connectivity index (χ0n) is 33.9. The Morgan fingerprint density at radius 3 is 2.54 bits per heavy atom. The van der Waals surface area contributed by atoms with Crippen LogP contribution in [0.25, 0.3) is 10.9 Å². The van der Waals surface area contributed by atoms with Gasteiger partial charge in [-0.3, -0.25) is 23.9 Å². The number of hydrogen-bond acceptors (Lipinski definition) is 9. The second-order valence-corrected chi connectivity index (χ2v) is 21.2. The standard InChI is InChI=1S/C43H57N5O8S/c1-40(2,3)24-34(49)44-31-12-10-8-6-7-9-11-27-22-43(27,39(52)47-57(53,54)41(4)19-20-41)46-37(50)33-23-42(25-48(33)38(31)51)18-17-30-29-16-15-28(55-5)21-32(29)45-35(26-13-14-26)36(30)56-42/h9,11,15-16,21,26-27,31,33H,6-8,10,12-14,17-20,22-25H2,1-5H3,(H,44,49)(H,46,50)(H,47,52)/b11-9-/t27-,31+,33+,42-,43-/m1/s1. The van der Waals surface area contributed by atoms with Gasteiger partial charge in [0.1, 0.15) is 34.7 Å². The van der Waals surface area contributed by atoms with Crippen LogP contribution in [0.1, 0.15) is 128 Å². The maximum atomic E-state index is 14.9. The van der Waals surface area contributed by atoms with Gasteiger partial charge in [-0.2, -0.15) is 0 Å². The first-order valence-corrected chi connectivity index (χ1v) is 22.3. The van der Waals surface area contributed by atoms with Gasteiger partial charge in [-0.1, -0.05) is 45.8 Å². The molecule has 14 heteroatoms. The van der Waals surface area contributed by atoms with Crippen molar-refractivity contribution in [3.63, 3.8) is 0 Å². The van der Waals surface area contributed by atoms with Gasteiger partial charge < -0.3 is 25.0 Å². The van der Waals surface area contributed by atoms with Crippen LogP contribution in [0.5, 0.6) is 11.5 Å². The van der Waals surface area contributed by atoms with E-state index in [1.807, 2.05) is 51.1 Å². The molecule has 2 aromatic rings. The number of nitrogens with zero attached hydrogens (tertiary/aromatic N) is 2. The number of hydrogen-bond donors (Lipinski definition) is 3. The number of carbonyl (C=O) groups excluding carboxylic acids is 4. The van der Waals surface area contributed by atoms with Crippen LogP contribution in [0.4, 0.5) is 0 Å². The third-order valence-electron chi connectivity index (χ3n) is 13.0. The minimum absolute atomic E-state index is 0.106. The van der Waals surface area contributed by atoms with Crippen molar-refractivity contribution < 1.29 is 37.1 Å². The molecule has 13 nitrogen and oxygen atoms in total. The third kappa shape index (κ3) is 7.74. The molecule has 8 rings (SSSR count). The molecule has 3 saturated carbocycles. The van der Waals surface area contributed by atoms with Crippen molar-refractivity contribution in [2.45, 2.75) is 151 Å². The second kappa shape index (κ2) is 14.3. The molecule has 308 valence electrons. The van der Waals surface area contributed by atoms with Gasteiger partial charge in [-0.15, -0.1) is 0 Å². The van der Waals surface area contributed by atoms with Crippen LogP contribution in [0.3, 0.4) is 0 Å². The first kappa shape index (κ1) is 39.6. The van der Waals surface area contributed by atoms with Crippen molar-refractivity contribution in [2.24, 2.45) is 11.3 Å². The molecule has 0 unspecified atom stereocenters. The molecule has 1 aromatic carbocycles. The summed E-state index contributed by atoms with van der Waals surface area (Å²) in [5.41, 5.74) is 0.0452. The van der Waals surface area contributed by atoms with Gasteiger partial charge in [-0.05, 0) is 88.7 Å². The molecule has 0 radical (unpaired) electrons. The van der Waals surface area contributed by atoms with E-state index in [9.17, 15) is 27.6 Å². The highest BCUT2D eigenvalue weighted by Gasteiger charge is 2.64. The summed E-state index contributed by atoms with van der Waals surface area (Å²) in [5, 5.41) is 7.01. The molecule has 3 aliphatic heterocycles. The molecule has 4 fully saturated rings. The van der Waals surface area contributed by atoms with E-state index in [1.54, 1.807) is 18.9 Å². The fraction of sp³-hybridized carbons (Fsp3) is 0.651. The zero-order chi connectivity index (χ0) is 40.5. The van der Waals surface area contributed by atoms with E-state index in [4.69, 9.17) is 14.5 Å². The van der Waals surface area contributed by atoms with Crippen molar-refractivity contribution >= 4 is 44.6 Å². The molecule has 3 N–H and O–H groups in total. The lowest BCUT2D eigenvalue weighted by atomic mass is 9.86. The van der Waals surface area contributed by atoms with Gasteiger partial charge in [0.15, 0.2) is 0 Å². The number of ether oxygens (including phenoxy) is 2. The molecule has 0 bridgehead atoms. The summed E-state index contributed by atoms with van der Waals surface area (Å²) in [7, 11) is -2.34. The normalized spacial score (nSPS) is 30.4. The number of allylic oxidation sites excluding steroid dienone is 1. The third-order valence-corrected chi connectivity index (χ3v) is 15.2. The summed E-state index contributed by atoms with van der Waals surface area (Å²) in [6.07, 6.45) is 12.1. The van der Waals surface area contributed by atoms with Crippen LogP contribution in [0, 0.1) is 11.3 Å². The largest absolute Gasteiger partial charge is 0.497 e. The predicted molar refractivity (Wildman–Crippen MR) is 214 cm³/mol. The maximum absolute atomic E-state index is 14.9. The van der Waals surface area contributed by atoms with Gasteiger partial charge in [-0.25, -0.2) is 13.4 Å². The lowest BCUT2D eigenvalue weighted by Gasteiger charge is -2.37. The minimum atomic E-state index is -3.98. The summed E-state index contributed by atoms with van der Waals surface area (Å²) < 4.78 is 40.4. The van der Waals surface area contributed by atoms with Gasteiger partial charge in [0.25, 0.3) is 5.91 Å². The number of amides is 4. The highest BCUT2D eigenvalue weighted by atomic mass is 32.2. The topological polar surface area (TPSA) is 173 Å². The van der Waals surface area contributed by atoms with Gasteiger partial charge in [0.2, 0.25) is 27.7 Å². The molecule has 4 amide bonds. The summed E-state index contributed by atoms with van der Waals surface area (Å²) in [4.78, 5) is 63.7. The molecular formula is C43H57N5O8S. The average molecular weight is 804 g/mol. The van der Waals surface area contributed by atoms with Crippen LogP contribution >= 0.6 is 0 Å². The van der Waals surface area contributed by atoms with Crippen molar-refractivity contribution in [3.05, 3.63) is 41.6 Å². The Hall–Kier alpha value is -4.20. The van der Waals surface area contributed by atoms with Crippen molar-refractivity contribution in [2.75, 3.05) is 13.7 Å². The molecule has 6 aliphatic rings. The number of benzene rings is 1. The highest BCUT2D eigenvalue weighted by Crippen LogP contribution is 2.52. The minimum Gasteiger partial charge on any atom is -0.497 e. The first-order chi connectivity index (χ1) is 27.0. The van der Waals surface area contributed by atoms with Gasteiger partial charge in [0, 0.05) is 41.7 Å². The molecule has 4 heterocycles. The molecule has 3 aliphatic carbocycles. The summed E-state index contributed by atoms with van der Waals surface area (Å²) in [6, 6.07) is 3.96. The first-order valence-electron chi connectivity index (χ1n) is 20.8. The Kier molecular flexibility index (Phi) is 9.92. The number of methoxy groups -OCH3 is 1.